The zero-order valence-electron chi connectivity index (χ0n) is 20.4. The van der Waals surface area contributed by atoms with Gasteiger partial charge < -0.3 is 10.5 Å². The van der Waals surface area contributed by atoms with Crippen molar-refractivity contribution in [2.24, 2.45) is 5.73 Å². The molecule has 3 rings (SSSR count). The summed E-state index contributed by atoms with van der Waals surface area (Å²) < 4.78 is 127. The maximum atomic E-state index is 13.6. The molecule has 2 aromatic carbocycles. The molecule has 210 valence electrons. The van der Waals surface area contributed by atoms with Crippen LogP contribution in [-0.4, -0.2) is 18.2 Å². The summed E-state index contributed by atoms with van der Waals surface area (Å²) in [6.07, 6.45) is -16.4. The molecule has 0 aliphatic carbocycles. The Labute approximate surface area is 212 Å². The van der Waals surface area contributed by atoms with Crippen LogP contribution in [0.4, 0.5) is 50.0 Å². The minimum absolute atomic E-state index is 0.00905. The number of halogens is 9. The maximum Gasteiger partial charge on any atom is 0.416 e. The molecular formula is C25H25F9N2O2. The molecule has 0 fully saturated rings. The fraction of sp³-hybridized carbons (Fsp3) is 0.480. The summed E-state index contributed by atoms with van der Waals surface area (Å²) in [6, 6.07) is 1.12. The Hall–Kier alpha value is -2.96. The molecule has 1 amide bonds. The van der Waals surface area contributed by atoms with Crippen LogP contribution in [0, 0.1) is 0 Å². The first-order chi connectivity index (χ1) is 17.3. The maximum absolute atomic E-state index is 13.6. The van der Waals surface area contributed by atoms with Crippen LogP contribution in [0.3, 0.4) is 0 Å². The average Bonchev–Trinajstić information content (AvgIpc) is 2.79. The topological polar surface area (TPSA) is 55.6 Å². The summed E-state index contributed by atoms with van der Waals surface area (Å²) in [6.45, 7) is 4.81. The van der Waals surface area contributed by atoms with Crippen LogP contribution in [-0.2, 0) is 23.3 Å². The lowest BCUT2D eigenvalue weighted by Crippen LogP contribution is -2.47. The Morgan fingerprint density at radius 1 is 0.921 bits per heavy atom. The number of rotatable bonds is 4. The Balaban J connectivity index is 2.22. The number of nitrogens with zero attached hydrogens (tertiary/aromatic N) is 1. The summed E-state index contributed by atoms with van der Waals surface area (Å²) in [7, 11) is 0. The molecular weight excluding hydrogens is 531 g/mol. The van der Waals surface area contributed by atoms with Gasteiger partial charge in [-0.05, 0) is 74.2 Å². The number of amides is 1. The quantitative estimate of drug-likeness (QED) is 0.388. The minimum atomic E-state index is -5.13. The van der Waals surface area contributed by atoms with Crippen molar-refractivity contribution in [1.82, 2.24) is 0 Å². The number of hydrogen-bond acceptors (Lipinski definition) is 3. The number of fused-ring (bicyclic) bond motifs is 1. The second-order valence-electron chi connectivity index (χ2n) is 9.34. The zero-order valence-corrected chi connectivity index (χ0v) is 20.4. The lowest BCUT2D eigenvalue weighted by Gasteiger charge is -2.42. The summed E-state index contributed by atoms with van der Waals surface area (Å²) in [4.78, 5) is 14.0. The highest BCUT2D eigenvalue weighted by Gasteiger charge is 2.43. The van der Waals surface area contributed by atoms with Crippen molar-refractivity contribution < 1.29 is 49.0 Å². The lowest BCUT2D eigenvalue weighted by molar-refractivity contribution is -0.143. The normalized spacial score (nSPS) is 19.4. The highest BCUT2D eigenvalue weighted by molar-refractivity contribution is 5.90. The highest BCUT2D eigenvalue weighted by Crippen LogP contribution is 2.48. The van der Waals surface area contributed by atoms with Gasteiger partial charge in [-0.2, -0.15) is 39.5 Å². The number of anilines is 1. The second-order valence-corrected chi connectivity index (χ2v) is 9.34. The number of hydrogen-bond donors (Lipinski definition) is 1. The van der Waals surface area contributed by atoms with Gasteiger partial charge in [0.1, 0.15) is 0 Å². The number of carbonyl (C=O) groups is 1. The van der Waals surface area contributed by atoms with E-state index in [-0.39, 0.29) is 30.2 Å². The van der Waals surface area contributed by atoms with Crippen LogP contribution in [0.5, 0.6) is 0 Å². The van der Waals surface area contributed by atoms with Crippen LogP contribution in [0.2, 0.25) is 0 Å². The molecule has 2 N–H and O–H groups in total. The summed E-state index contributed by atoms with van der Waals surface area (Å²) >= 11 is 0. The molecule has 0 spiro atoms. The average molecular weight is 556 g/mol. The van der Waals surface area contributed by atoms with Crippen molar-refractivity contribution in [3.63, 3.8) is 0 Å². The van der Waals surface area contributed by atoms with E-state index in [1.807, 2.05) is 0 Å². The SMILES string of the molecule is CCC1C[C@H](C(N)c2cc(C(F)(F)F)cc(C(F)(F)F)c2)c2cc(C(F)(F)F)ccc2N1C(=O)OC(C)C. The standard InChI is InChI=1S/C25H25F9N2O2/c1-4-17-11-19(21(35)13-7-15(24(29,30)31)9-16(8-13)25(32,33)34)18-10-14(23(26,27)28)5-6-20(18)36(17)22(37)38-12(2)3/h5-10,12,17,19,21H,4,11,35H2,1-3H3/t17?,19-,21?/m0/s1. The Morgan fingerprint density at radius 2 is 1.45 bits per heavy atom. The van der Waals surface area contributed by atoms with Gasteiger partial charge >= 0.3 is 24.6 Å². The van der Waals surface area contributed by atoms with Crippen LogP contribution in [0.1, 0.15) is 73.4 Å². The third kappa shape index (κ3) is 6.19. The molecule has 38 heavy (non-hydrogen) atoms. The molecule has 4 nitrogen and oxygen atoms in total. The molecule has 0 radical (unpaired) electrons. The number of alkyl halides is 9. The lowest BCUT2D eigenvalue weighted by atomic mass is 9.77. The van der Waals surface area contributed by atoms with E-state index >= 15 is 0 Å². The van der Waals surface area contributed by atoms with Gasteiger partial charge in [-0.1, -0.05) is 6.92 Å². The van der Waals surface area contributed by atoms with Crippen molar-refractivity contribution in [3.8, 4) is 0 Å². The zero-order chi connectivity index (χ0) is 28.8. The van der Waals surface area contributed by atoms with Crippen molar-refractivity contribution in [1.29, 1.82) is 0 Å². The van der Waals surface area contributed by atoms with Crippen LogP contribution >= 0.6 is 0 Å². The van der Waals surface area contributed by atoms with E-state index in [9.17, 15) is 44.3 Å². The molecule has 0 saturated heterocycles. The van der Waals surface area contributed by atoms with E-state index in [4.69, 9.17) is 10.5 Å². The number of nitrogens with two attached hydrogens (primary N) is 1. The van der Waals surface area contributed by atoms with Crippen LogP contribution < -0.4 is 10.6 Å². The predicted octanol–water partition coefficient (Wildman–Crippen LogP) is 8.06. The third-order valence-corrected chi connectivity index (χ3v) is 6.34. The van der Waals surface area contributed by atoms with Crippen molar-refractivity contribution >= 4 is 11.8 Å². The minimum Gasteiger partial charge on any atom is -0.446 e. The van der Waals surface area contributed by atoms with Gasteiger partial charge in [0, 0.05) is 18.0 Å². The third-order valence-electron chi connectivity index (χ3n) is 6.34. The van der Waals surface area contributed by atoms with Gasteiger partial charge in [-0.25, -0.2) is 4.79 Å². The first-order valence-electron chi connectivity index (χ1n) is 11.6. The smallest absolute Gasteiger partial charge is 0.416 e. The van der Waals surface area contributed by atoms with E-state index in [1.54, 1.807) is 20.8 Å². The molecule has 3 atom stereocenters. The van der Waals surface area contributed by atoms with Gasteiger partial charge in [0.2, 0.25) is 0 Å². The van der Waals surface area contributed by atoms with Crippen LogP contribution in [0.15, 0.2) is 36.4 Å². The molecule has 0 bridgehead atoms. The van der Waals surface area contributed by atoms with E-state index in [0.717, 1.165) is 23.1 Å². The Morgan fingerprint density at radius 3 is 1.89 bits per heavy atom. The molecule has 2 unspecified atom stereocenters. The Bertz CT molecular complexity index is 1140. The predicted molar refractivity (Wildman–Crippen MR) is 120 cm³/mol. The molecule has 1 heterocycles. The van der Waals surface area contributed by atoms with Crippen LogP contribution in [0.25, 0.3) is 0 Å². The van der Waals surface area contributed by atoms with E-state index < -0.39 is 71.0 Å². The van der Waals surface area contributed by atoms with Gasteiger partial charge in [-0.15, -0.1) is 0 Å². The van der Waals surface area contributed by atoms with Crippen molar-refractivity contribution in [2.75, 3.05) is 4.90 Å². The van der Waals surface area contributed by atoms with E-state index in [0.29, 0.717) is 12.1 Å². The molecule has 0 aromatic heterocycles. The molecule has 1 aliphatic heterocycles. The molecule has 2 aromatic rings. The summed E-state index contributed by atoms with van der Waals surface area (Å²) in [5.74, 6) is -1.15. The summed E-state index contributed by atoms with van der Waals surface area (Å²) in [5.41, 5.74) is 1.25. The fourth-order valence-electron chi connectivity index (χ4n) is 4.57. The van der Waals surface area contributed by atoms with Crippen molar-refractivity contribution in [2.45, 2.75) is 76.2 Å². The molecule has 13 heteroatoms. The molecule has 0 saturated carbocycles. The first-order valence-corrected chi connectivity index (χ1v) is 11.6. The number of benzene rings is 2. The Kier molecular flexibility index (Phi) is 8.03. The number of ether oxygens (including phenoxy) is 1. The first kappa shape index (κ1) is 29.6. The molecule has 1 aliphatic rings. The second kappa shape index (κ2) is 10.3. The van der Waals surface area contributed by atoms with E-state index in [1.165, 1.54) is 0 Å². The van der Waals surface area contributed by atoms with E-state index in [2.05, 4.69) is 0 Å². The van der Waals surface area contributed by atoms with Gasteiger partial charge in [0.15, 0.2) is 0 Å². The largest absolute Gasteiger partial charge is 0.446 e. The number of carbonyl (C=O) groups excluding carboxylic acids is 1. The van der Waals surface area contributed by atoms with Crippen molar-refractivity contribution in [3.05, 3.63) is 64.2 Å². The van der Waals surface area contributed by atoms with Gasteiger partial charge in [0.25, 0.3) is 0 Å². The monoisotopic (exact) mass is 556 g/mol. The summed E-state index contributed by atoms with van der Waals surface area (Å²) in [5, 5.41) is 0. The van der Waals surface area contributed by atoms with Gasteiger partial charge in [-0.3, -0.25) is 4.90 Å². The fourth-order valence-corrected chi connectivity index (χ4v) is 4.57. The van der Waals surface area contributed by atoms with Gasteiger partial charge in [0.05, 0.1) is 28.5 Å². The highest BCUT2D eigenvalue weighted by atomic mass is 19.4.